The number of imide groups is 1. The van der Waals surface area contributed by atoms with Gasteiger partial charge in [0.2, 0.25) is 12.7 Å². The van der Waals surface area contributed by atoms with Crippen LogP contribution in [0.3, 0.4) is 0 Å². The second kappa shape index (κ2) is 7.16. The van der Waals surface area contributed by atoms with Gasteiger partial charge in [-0.05, 0) is 37.8 Å². The number of anilines is 1. The Hall–Kier alpha value is -2.81. The first kappa shape index (κ1) is 19.2. The Morgan fingerprint density at radius 3 is 2.67 bits per heavy atom. The molecule has 0 spiro atoms. The van der Waals surface area contributed by atoms with Gasteiger partial charge in [0.05, 0.1) is 13.1 Å². The van der Waals surface area contributed by atoms with E-state index >= 15 is 0 Å². The van der Waals surface area contributed by atoms with Crippen LogP contribution in [0.2, 0.25) is 0 Å². The second-order valence-corrected chi connectivity index (χ2v) is 8.88. The van der Waals surface area contributed by atoms with Crippen molar-refractivity contribution in [2.75, 3.05) is 31.9 Å². The molecule has 5 rings (SSSR count). The zero-order valence-corrected chi connectivity index (χ0v) is 17.0. The lowest BCUT2D eigenvalue weighted by molar-refractivity contribution is -0.912. The highest BCUT2D eigenvalue weighted by Gasteiger charge is 2.56. The summed E-state index contributed by atoms with van der Waals surface area (Å²) in [6.07, 6.45) is 3.42. The summed E-state index contributed by atoms with van der Waals surface area (Å²) in [6, 6.07) is 5.08. The minimum absolute atomic E-state index is 0.00999. The number of quaternary nitrogens is 1. The van der Waals surface area contributed by atoms with Crippen LogP contribution in [0.4, 0.5) is 10.5 Å². The summed E-state index contributed by atoms with van der Waals surface area (Å²) in [4.78, 5) is 40.3. The molecule has 1 saturated carbocycles. The Morgan fingerprint density at radius 1 is 1.20 bits per heavy atom. The van der Waals surface area contributed by atoms with Gasteiger partial charge in [-0.15, -0.1) is 0 Å². The zero-order chi connectivity index (χ0) is 20.9. The topological polar surface area (TPSA) is 101 Å². The first-order chi connectivity index (χ1) is 14.4. The van der Waals surface area contributed by atoms with Crippen LogP contribution in [0.25, 0.3) is 0 Å². The number of carbonyl (C=O) groups excluding carboxylic acids is 3. The largest absolute Gasteiger partial charge is 0.454 e. The lowest BCUT2D eigenvalue weighted by Crippen LogP contribution is -3.14. The average molecular weight is 415 g/mol. The maximum absolute atomic E-state index is 12.8. The number of nitrogens with one attached hydrogen (secondary N) is 3. The Kier molecular flexibility index (Phi) is 4.57. The SMILES string of the molecule is C[C@]1(C2CC2)NC(=O)N(C[NH+]2CCC(C(=O)Nc3ccc4c(c3)OCO4)CC2)C1=O. The van der Waals surface area contributed by atoms with Gasteiger partial charge in [0, 0.05) is 30.5 Å². The molecule has 160 valence electrons. The molecular weight excluding hydrogens is 388 g/mol. The predicted molar refractivity (Wildman–Crippen MR) is 106 cm³/mol. The molecule has 3 fully saturated rings. The molecule has 0 radical (unpaired) electrons. The molecule has 2 saturated heterocycles. The highest BCUT2D eigenvalue weighted by Crippen LogP contribution is 2.42. The third-order valence-electron chi connectivity index (χ3n) is 6.78. The summed E-state index contributed by atoms with van der Waals surface area (Å²) in [7, 11) is 0. The number of benzene rings is 1. The number of hydrogen-bond donors (Lipinski definition) is 3. The van der Waals surface area contributed by atoms with Gasteiger partial charge in [0.15, 0.2) is 18.2 Å². The van der Waals surface area contributed by atoms with Crippen molar-refractivity contribution in [2.45, 2.75) is 38.1 Å². The fourth-order valence-corrected chi connectivity index (χ4v) is 4.69. The number of amides is 4. The van der Waals surface area contributed by atoms with Crippen molar-refractivity contribution in [1.29, 1.82) is 0 Å². The molecule has 1 aromatic rings. The van der Waals surface area contributed by atoms with Crippen molar-refractivity contribution >= 4 is 23.5 Å². The molecular formula is C21H27N4O5+. The standard InChI is InChI=1S/C21H26N4O5/c1-21(14-2-3-14)19(27)25(20(28)23-21)11-24-8-6-13(7-9-24)18(26)22-15-4-5-16-17(10-15)30-12-29-16/h4-5,10,13-14H,2-3,6-9,11-12H2,1H3,(H,22,26)(H,23,28)/p+1/t21-/m1/s1. The molecule has 1 aromatic carbocycles. The summed E-state index contributed by atoms with van der Waals surface area (Å²) >= 11 is 0. The number of fused-ring (bicyclic) bond motifs is 1. The number of hydrogen-bond acceptors (Lipinski definition) is 5. The van der Waals surface area contributed by atoms with Crippen LogP contribution in [0.1, 0.15) is 32.6 Å². The predicted octanol–water partition coefficient (Wildman–Crippen LogP) is 0.327. The molecule has 4 amide bonds. The molecule has 4 aliphatic rings. The molecule has 0 unspecified atom stereocenters. The fraction of sp³-hybridized carbons (Fsp3) is 0.571. The smallest absolute Gasteiger partial charge is 0.329 e. The maximum Gasteiger partial charge on any atom is 0.329 e. The van der Waals surface area contributed by atoms with Gasteiger partial charge in [-0.1, -0.05) is 0 Å². The van der Waals surface area contributed by atoms with Crippen LogP contribution < -0.4 is 25.0 Å². The summed E-state index contributed by atoms with van der Waals surface area (Å²) in [5.74, 6) is 1.38. The van der Waals surface area contributed by atoms with Gasteiger partial charge >= 0.3 is 6.03 Å². The van der Waals surface area contributed by atoms with Gasteiger partial charge in [-0.2, -0.15) is 0 Å². The monoisotopic (exact) mass is 415 g/mol. The summed E-state index contributed by atoms with van der Waals surface area (Å²) in [6.45, 7) is 3.90. The Morgan fingerprint density at radius 2 is 1.93 bits per heavy atom. The van der Waals surface area contributed by atoms with Gasteiger partial charge in [-0.25, -0.2) is 9.69 Å². The lowest BCUT2D eigenvalue weighted by atomic mass is 9.95. The van der Waals surface area contributed by atoms with Crippen LogP contribution in [-0.4, -0.2) is 54.8 Å². The quantitative estimate of drug-likeness (QED) is 0.602. The van der Waals surface area contributed by atoms with Gasteiger partial charge in [0.25, 0.3) is 5.91 Å². The van der Waals surface area contributed by atoms with Crippen LogP contribution >= 0.6 is 0 Å². The van der Waals surface area contributed by atoms with Gasteiger partial charge < -0.3 is 25.0 Å². The number of likely N-dealkylation sites (tertiary alicyclic amines) is 1. The molecule has 9 heteroatoms. The van der Waals surface area contributed by atoms with Crippen molar-refractivity contribution < 1.29 is 28.8 Å². The lowest BCUT2D eigenvalue weighted by Gasteiger charge is -2.30. The van der Waals surface area contributed by atoms with Crippen molar-refractivity contribution in [2.24, 2.45) is 11.8 Å². The van der Waals surface area contributed by atoms with Crippen molar-refractivity contribution in [1.82, 2.24) is 10.2 Å². The minimum Gasteiger partial charge on any atom is -0.454 e. The van der Waals surface area contributed by atoms with E-state index in [1.165, 1.54) is 4.90 Å². The number of piperidine rings is 1. The normalized spacial score (nSPS) is 30.4. The van der Waals surface area contributed by atoms with Crippen molar-refractivity contribution in [3.8, 4) is 11.5 Å². The van der Waals surface area contributed by atoms with Crippen molar-refractivity contribution in [3.63, 3.8) is 0 Å². The highest BCUT2D eigenvalue weighted by atomic mass is 16.7. The molecule has 0 aromatic heterocycles. The number of rotatable bonds is 5. The van der Waals surface area contributed by atoms with E-state index in [1.54, 1.807) is 18.2 Å². The van der Waals surface area contributed by atoms with Crippen LogP contribution in [0.5, 0.6) is 11.5 Å². The van der Waals surface area contributed by atoms with E-state index in [-0.39, 0.29) is 36.5 Å². The highest BCUT2D eigenvalue weighted by molar-refractivity contribution is 6.07. The molecule has 1 aliphatic carbocycles. The molecule has 3 aliphatic heterocycles. The zero-order valence-electron chi connectivity index (χ0n) is 17.0. The number of nitrogens with zero attached hydrogens (tertiary/aromatic N) is 1. The molecule has 30 heavy (non-hydrogen) atoms. The third kappa shape index (κ3) is 3.36. The van der Waals surface area contributed by atoms with E-state index in [9.17, 15) is 14.4 Å². The Balaban J connectivity index is 1.13. The van der Waals surface area contributed by atoms with E-state index in [0.29, 0.717) is 23.9 Å². The summed E-state index contributed by atoms with van der Waals surface area (Å²) < 4.78 is 10.6. The molecule has 0 bridgehead atoms. The third-order valence-corrected chi connectivity index (χ3v) is 6.78. The molecule has 3 heterocycles. The first-order valence-electron chi connectivity index (χ1n) is 10.6. The number of urea groups is 1. The maximum atomic E-state index is 12.8. The van der Waals surface area contributed by atoms with E-state index in [0.717, 1.165) is 43.7 Å². The fourth-order valence-electron chi connectivity index (χ4n) is 4.69. The van der Waals surface area contributed by atoms with Gasteiger partial charge in [-0.3, -0.25) is 9.59 Å². The van der Waals surface area contributed by atoms with Gasteiger partial charge in [0.1, 0.15) is 5.54 Å². The van der Waals surface area contributed by atoms with E-state index in [4.69, 9.17) is 9.47 Å². The minimum atomic E-state index is -0.737. The Bertz CT molecular complexity index is 893. The average Bonchev–Trinajstić information content (AvgIpc) is 3.46. The van der Waals surface area contributed by atoms with Crippen LogP contribution in [-0.2, 0) is 9.59 Å². The number of ether oxygens (including phenoxy) is 2. The second-order valence-electron chi connectivity index (χ2n) is 8.88. The molecule has 3 N–H and O–H groups in total. The first-order valence-corrected chi connectivity index (χ1v) is 10.6. The summed E-state index contributed by atoms with van der Waals surface area (Å²) in [5, 5.41) is 5.86. The van der Waals surface area contributed by atoms with Crippen LogP contribution in [0, 0.1) is 11.8 Å². The van der Waals surface area contributed by atoms with E-state index in [1.807, 2.05) is 6.92 Å². The van der Waals surface area contributed by atoms with E-state index in [2.05, 4.69) is 10.6 Å². The molecule has 1 atom stereocenters. The van der Waals surface area contributed by atoms with E-state index < -0.39 is 5.54 Å². The van der Waals surface area contributed by atoms with Crippen molar-refractivity contribution in [3.05, 3.63) is 18.2 Å². The summed E-state index contributed by atoms with van der Waals surface area (Å²) in [5.41, 5.74) is -0.0444. The Labute approximate surface area is 174 Å². The molecule has 9 nitrogen and oxygen atoms in total. The number of carbonyl (C=O) groups is 3. The van der Waals surface area contributed by atoms with Crippen LogP contribution in [0.15, 0.2) is 18.2 Å².